The van der Waals surface area contributed by atoms with Crippen LogP contribution in [0.25, 0.3) is 0 Å². The molecule has 2 aromatic rings. The van der Waals surface area contributed by atoms with Crippen LogP contribution in [-0.2, 0) is 6.61 Å². The van der Waals surface area contributed by atoms with Crippen molar-refractivity contribution in [1.82, 2.24) is 0 Å². The molecule has 2 rings (SSSR count). The van der Waals surface area contributed by atoms with Crippen LogP contribution in [0.15, 0.2) is 42.5 Å². The zero-order chi connectivity index (χ0) is 15.9. The van der Waals surface area contributed by atoms with Crippen LogP contribution in [0.5, 0.6) is 17.2 Å². The Labute approximate surface area is 129 Å². The molecule has 5 nitrogen and oxygen atoms in total. The third-order valence-corrected chi connectivity index (χ3v) is 3.10. The molecule has 2 N–H and O–H groups in total. The molecule has 0 fully saturated rings. The molecule has 2 aromatic carbocycles. The smallest absolute Gasteiger partial charge is 0.248 e. The fourth-order valence-corrected chi connectivity index (χ4v) is 1.97. The second-order valence-electron chi connectivity index (χ2n) is 4.58. The molecule has 0 unspecified atom stereocenters. The van der Waals surface area contributed by atoms with Crippen LogP contribution in [0.3, 0.4) is 0 Å². The van der Waals surface area contributed by atoms with E-state index in [2.05, 4.69) is 0 Å². The average molecular weight is 301 g/mol. The van der Waals surface area contributed by atoms with Crippen LogP contribution in [0.2, 0.25) is 0 Å². The van der Waals surface area contributed by atoms with Crippen LogP contribution in [0.1, 0.15) is 22.8 Å². The fraction of sp³-hybridized carbons (Fsp3) is 0.235. The highest BCUT2D eigenvalue weighted by Gasteiger charge is 2.09. The molecule has 0 radical (unpaired) electrons. The van der Waals surface area contributed by atoms with Gasteiger partial charge in [-0.3, -0.25) is 4.79 Å². The van der Waals surface area contributed by atoms with Crippen molar-refractivity contribution in [2.24, 2.45) is 5.73 Å². The van der Waals surface area contributed by atoms with Crippen LogP contribution >= 0.6 is 0 Å². The third-order valence-electron chi connectivity index (χ3n) is 3.10. The zero-order valence-corrected chi connectivity index (χ0v) is 12.7. The van der Waals surface area contributed by atoms with E-state index in [1.54, 1.807) is 25.3 Å². The van der Waals surface area contributed by atoms with Crippen molar-refractivity contribution in [3.8, 4) is 17.2 Å². The van der Waals surface area contributed by atoms with Gasteiger partial charge < -0.3 is 19.9 Å². The first-order valence-electron chi connectivity index (χ1n) is 6.96. The number of carbonyl (C=O) groups excluding carboxylic acids is 1. The summed E-state index contributed by atoms with van der Waals surface area (Å²) in [6, 6.07) is 12.3. The molecule has 22 heavy (non-hydrogen) atoms. The van der Waals surface area contributed by atoms with Gasteiger partial charge >= 0.3 is 0 Å². The Morgan fingerprint density at radius 1 is 1.05 bits per heavy atom. The van der Waals surface area contributed by atoms with E-state index in [1.807, 2.05) is 31.2 Å². The van der Waals surface area contributed by atoms with Gasteiger partial charge in [-0.25, -0.2) is 0 Å². The number of hydrogen-bond acceptors (Lipinski definition) is 4. The number of carbonyl (C=O) groups is 1. The molecule has 1 amide bonds. The maximum atomic E-state index is 11.3. The topological polar surface area (TPSA) is 70.8 Å². The highest BCUT2D eigenvalue weighted by Crippen LogP contribution is 2.23. The SMILES string of the molecule is CCOc1ccc(C(N)=O)cc1COc1ccc(OC)cc1. The Morgan fingerprint density at radius 3 is 2.32 bits per heavy atom. The van der Waals surface area contributed by atoms with Crippen molar-refractivity contribution >= 4 is 5.91 Å². The summed E-state index contributed by atoms with van der Waals surface area (Å²) >= 11 is 0. The lowest BCUT2D eigenvalue weighted by Crippen LogP contribution is -2.12. The minimum atomic E-state index is -0.478. The number of methoxy groups -OCH3 is 1. The predicted octanol–water partition coefficient (Wildman–Crippen LogP) is 2.77. The van der Waals surface area contributed by atoms with E-state index in [4.69, 9.17) is 19.9 Å². The van der Waals surface area contributed by atoms with Crippen molar-refractivity contribution in [3.05, 3.63) is 53.6 Å². The van der Waals surface area contributed by atoms with Crippen molar-refractivity contribution in [3.63, 3.8) is 0 Å². The second kappa shape index (κ2) is 7.36. The Morgan fingerprint density at radius 2 is 1.73 bits per heavy atom. The van der Waals surface area contributed by atoms with Crippen LogP contribution in [0.4, 0.5) is 0 Å². The highest BCUT2D eigenvalue weighted by atomic mass is 16.5. The van der Waals surface area contributed by atoms with E-state index >= 15 is 0 Å². The summed E-state index contributed by atoms with van der Waals surface area (Å²) < 4.78 is 16.4. The van der Waals surface area contributed by atoms with Crippen LogP contribution in [-0.4, -0.2) is 19.6 Å². The van der Waals surface area contributed by atoms with E-state index in [-0.39, 0.29) is 6.61 Å². The van der Waals surface area contributed by atoms with Crippen LogP contribution < -0.4 is 19.9 Å². The second-order valence-corrected chi connectivity index (χ2v) is 4.58. The Balaban J connectivity index is 2.15. The minimum Gasteiger partial charge on any atom is -0.497 e. The molecule has 0 heterocycles. The van der Waals surface area contributed by atoms with Crippen molar-refractivity contribution in [2.75, 3.05) is 13.7 Å². The van der Waals surface area contributed by atoms with E-state index < -0.39 is 5.91 Å². The van der Waals surface area contributed by atoms with E-state index in [0.717, 1.165) is 11.3 Å². The lowest BCUT2D eigenvalue weighted by Gasteiger charge is -2.13. The van der Waals surface area contributed by atoms with Gasteiger partial charge in [0.25, 0.3) is 0 Å². The summed E-state index contributed by atoms with van der Waals surface area (Å²) in [4.78, 5) is 11.3. The largest absolute Gasteiger partial charge is 0.497 e. The van der Waals surface area contributed by atoms with Gasteiger partial charge in [-0.1, -0.05) is 0 Å². The number of ether oxygens (including phenoxy) is 3. The van der Waals surface area contributed by atoms with Gasteiger partial charge in [0.1, 0.15) is 23.9 Å². The maximum absolute atomic E-state index is 11.3. The quantitative estimate of drug-likeness (QED) is 0.853. The van der Waals surface area contributed by atoms with Gasteiger partial charge in [0, 0.05) is 11.1 Å². The molecular weight excluding hydrogens is 282 g/mol. The third kappa shape index (κ3) is 3.91. The molecule has 0 aliphatic heterocycles. The Kier molecular flexibility index (Phi) is 5.25. The number of rotatable bonds is 7. The molecular formula is C17H19NO4. The standard InChI is InChI=1S/C17H19NO4/c1-3-21-16-9-4-12(17(18)19)10-13(16)11-22-15-7-5-14(20-2)6-8-15/h4-10H,3,11H2,1-2H3,(H2,18,19). The van der Waals surface area contributed by atoms with Crippen molar-refractivity contribution in [2.45, 2.75) is 13.5 Å². The Bertz CT molecular complexity index is 638. The maximum Gasteiger partial charge on any atom is 0.248 e. The van der Waals surface area contributed by atoms with Gasteiger partial charge in [-0.05, 0) is 49.4 Å². The predicted molar refractivity (Wildman–Crippen MR) is 83.5 cm³/mol. The molecule has 0 atom stereocenters. The molecule has 0 aliphatic rings. The summed E-state index contributed by atoms with van der Waals surface area (Å²) in [5, 5.41) is 0. The molecule has 0 aliphatic carbocycles. The summed E-state index contributed by atoms with van der Waals surface area (Å²) in [6.45, 7) is 2.71. The molecule has 0 saturated carbocycles. The van der Waals surface area contributed by atoms with E-state index in [0.29, 0.717) is 23.7 Å². The number of hydrogen-bond donors (Lipinski definition) is 1. The highest BCUT2D eigenvalue weighted by molar-refractivity contribution is 5.93. The van der Waals surface area contributed by atoms with Crippen molar-refractivity contribution < 1.29 is 19.0 Å². The normalized spacial score (nSPS) is 10.1. The monoisotopic (exact) mass is 301 g/mol. The lowest BCUT2D eigenvalue weighted by atomic mass is 10.1. The van der Waals surface area contributed by atoms with Gasteiger partial charge in [0.15, 0.2) is 0 Å². The first kappa shape index (κ1) is 15.7. The van der Waals surface area contributed by atoms with E-state index in [9.17, 15) is 4.79 Å². The molecule has 0 aromatic heterocycles. The number of nitrogens with two attached hydrogens (primary N) is 1. The molecule has 5 heteroatoms. The van der Waals surface area contributed by atoms with Gasteiger partial charge in [0.2, 0.25) is 5.91 Å². The molecule has 0 spiro atoms. The first-order valence-corrected chi connectivity index (χ1v) is 6.96. The zero-order valence-electron chi connectivity index (χ0n) is 12.7. The number of primary amides is 1. The lowest BCUT2D eigenvalue weighted by molar-refractivity contribution is 0.1000. The van der Waals surface area contributed by atoms with Crippen LogP contribution in [0, 0.1) is 0 Å². The first-order chi connectivity index (χ1) is 10.6. The average Bonchev–Trinajstić information content (AvgIpc) is 2.54. The Hall–Kier alpha value is -2.69. The molecule has 116 valence electrons. The van der Waals surface area contributed by atoms with Gasteiger partial charge in [-0.15, -0.1) is 0 Å². The number of benzene rings is 2. The summed E-state index contributed by atoms with van der Waals surface area (Å²) in [5.41, 5.74) is 6.51. The van der Waals surface area contributed by atoms with Gasteiger partial charge in [0.05, 0.1) is 13.7 Å². The molecule has 0 saturated heterocycles. The van der Waals surface area contributed by atoms with Crippen molar-refractivity contribution in [1.29, 1.82) is 0 Å². The summed E-state index contributed by atoms with van der Waals surface area (Å²) in [7, 11) is 1.61. The fourth-order valence-electron chi connectivity index (χ4n) is 1.97. The van der Waals surface area contributed by atoms with E-state index in [1.165, 1.54) is 0 Å². The molecule has 0 bridgehead atoms. The summed E-state index contributed by atoms with van der Waals surface area (Å²) in [5.74, 6) is 1.67. The minimum absolute atomic E-state index is 0.281. The summed E-state index contributed by atoms with van der Waals surface area (Å²) in [6.07, 6.45) is 0. The van der Waals surface area contributed by atoms with Gasteiger partial charge in [-0.2, -0.15) is 0 Å². The number of amides is 1.